The number of imide groups is 1. The number of nitrogen functional groups attached to an aromatic ring is 1. The van der Waals surface area contributed by atoms with Gasteiger partial charge in [0.05, 0.1) is 17.7 Å². The zero-order valence-electron chi connectivity index (χ0n) is 10.8. The average Bonchev–Trinajstić information content (AvgIpc) is 2.68. The summed E-state index contributed by atoms with van der Waals surface area (Å²) >= 11 is 6.01. The van der Waals surface area contributed by atoms with Crippen LogP contribution in [0, 0.1) is 0 Å². The summed E-state index contributed by atoms with van der Waals surface area (Å²) in [5.41, 5.74) is 6.82. The van der Waals surface area contributed by atoms with Crippen LogP contribution in [-0.4, -0.2) is 21.8 Å². The molecule has 21 heavy (non-hydrogen) atoms. The average molecular weight is 303 g/mol. The predicted molar refractivity (Wildman–Crippen MR) is 78.2 cm³/mol. The maximum absolute atomic E-state index is 12.4. The Morgan fingerprint density at radius 3 is 2.48 bits per heavy atom. The second-order valence-corrected chi connectivity index (χ2v) is 5.11. The normalized spacial score (nSPS) is 13.7. The third-order valence-electron chi connectivity index (χ3n) is 3.44. The maximum atomic E-state index is 12.4. The van der Waals surface area contributed by atoms with Crippen LogP contribution in [0.15, 0.2) is 36.4 Å². The zero-order chi connectivity index (χ0) is 15.1. The van der Waals surface area contributed by atoms with Crippen molar-refractivity contribution in [2.45, 2.75) is 6.54 Å². The number of rotatable bonds is 2. The second-order valence-electron chi connectivity index (χ2n) is 4.70. The van der Waals surface area contributed by atoms with E-state index in [1.54, 1.807) is 30.3 Å². The lowest BCUT2D eigenvalue weighted by atomic mass is 10.1. The molecule has 2 aromatic rings. The van der Waals surface area contributed by atoms with Crippen LogP contribution in [0.1, 0.15) is 26.3 Å². The molecule has 0 bridgehead atoms. The number of carbonyl (C=O) groups excluding carboxylic acids is 2. The van der Waals surface area contributed by atoms with Crippen LogP contribution in [0.5, 0.6) is 5.75 Å². The van der Waals surface area contributed by atoms with Crippen LogP contribution in [0.25, 0.3) is 0 Å². The molecule has 0 aromatic heterocycles. The van der Waals surface area contributed by atoms with E-state index in [2.05, 4.69) is 0 Å². The van der Waals surface area contributed by atoms with Crippen molar-refractivity contribution in [3.8, 4) is 5.75 Å². The molecule has 0 unspecified atom stereocenters. The van der Waals surface area contributed by atoms with Crippen LogP contribution in [0.3, 0.4) is 0 Å². The molecule has 0 atom stereocenters. The van der Waals surface area contributed by atoms with E-state index in [0.717, 1.165) is 4.90 Å². The van der Waals surface area contributed by atoms with Gasteiger partial charge in [0.25, 0.3) is 11.8 Å². The molecule has 6 heteroatoms. The summed E-state index contributed by atoms with van der Waals surface area (Å²) in [6.45, 7) is -0.0999. The summed E-state index contributed by atoms with van der Waals surface area (Å²) in [4.78, 5) is 25.7. The molecular weight excluding hydrogens is 292 g/mol. The molecule has 0 fully saturated rings. The van der Waals surface area contributed by atoms with E-state index in [1.165, 1.54) is 6.07 Å². The minimum atomic E-state index is -0.479. The molecule has 1 aliphatic rings. The van der Waals surface area contributed by atoms with Gasteiger partial charge in [-0.15, -0.1) is 0 Å². The number of phenolic OH excluding ortho intramolecular Hbond substituents is 1. The fourth-order valence-corrected chi connectivity index (χ4v) is 2.59. The Morgan fingerprint density at radius 2 is 1.81 bits per heavy atom. The van der Waals surface area contributed by atoms with Gasteiger partial charge >= 0.3 is 0 Å². The molecular formula is C15H11ClN2O3. The number of amides is 2. The molecule has 3 rings (SSSR count). The quantitative estimate of drug-likeness (QED) is 0.659. The van der Waals surface area contributed by atoms with E-state index < -0.39 is 11.8 Å². The van der Waals surface area contributed by atoms with E-state index in [0.29, 0.717) is 10.6 Å². The van der Waals surface area contributed by atoms with Gasteiger partial charge in [-0.1, -0.05) is 23.7 Å². The van der Waals surface area contributed by atoms with Gasteiger partial charge in [-0.05, 0) is 24.3 Å². The van der Waals surface area contributed by atoms with E-state index >= 15 is 0 Å². The molecule has 5 nitrogen and oxygen atoms in total. The predicted octanol–water partition coefficient (Wildman–Crippen LogP) is 2.42. The first kappa shape index (κ1) is 13.5. The van der Waals surface area contributed by atoms with Crippen molar-refractivity contribution in [3.05, 3.63) is 58.1 Å². The van der Waals surface area contributed by atoms with E-state index in [-0.39, 0.29) is 29.1 Å². The van der Waals surface area contributed by atoms with Crippen molar-refractivity contribution in [1.82, 2.24) is 4.90 Å². The van der Waals surface area contributed by atoms with Gasteiger partial charge in [0, 0.05) is 16.3 Å². The fourth-order valence-electron chi connectivity index (χ4n) is 2.37. The topological polar surface area (TPSA) is 83.6 Å². The Balaban J connectivity index is 2.01. The molecule has 1 aliphatic heterocycles. The molecule has 0 radical (unpaired) electrons. The Kier molecular flexibility index (Phi) is 3.07. The molecule has 3 N–H and O–H groups in total. The van der Waals surface area contributed by atoms with E-state index in [9.17, 15) is 14.7 Å². The minimum Gasteiger partial charge on any atom is -0.508 e. The van der Waals surface area contributed by atoms with E-state index in [4.69, 9.17) is 17.3 Å². The SMILES string of the molecule is Nc1cccc2c1C(=O)N(Cc1c(O)cccc1Cl)C2=O. The Labute approximate surface area is 125 Å². The summed E-state index contributed by atoms with van der Waals surface area (Å²) in [5.74, 6) is -0.985. The summed E-state index contributed by atoms with van der Waals surface area (Å²) in [7, 11) is 0. The van der Waals surface area contributed by atoms with Crippen molar-refractivity contribution < 1.29 is 14.7 Å². The lowest BCUT2D eigenvalue weighted by Gasteiger charge is -2.15. The van der Waals surface area contributed by atoms with Gasteiger partial charge in [0.1, 0.15) is 5.75 Å². The Bertz CT molecular complexity index is 753. The molecule has 106 valence electrons. The van der Waals surface area contributed by atoms with Gasteiger partial charge in [-0.25, -0.2) is 0 Å². The van der Waals surface area contributed by atoms with Crippen molar-refractivity contribution in [2.24, 2.45) is 0 Å². The minimum absolute atomic E-state index is 0.0629. The molecule has 2 aromatic carbocycles. The van der Waals surface area contributed by atoms with Gasteiger partial charge in [-0.3, -0.25) is 14.5 Å². The zero-order valence-corrected chi connectivity index (χ0v) is 11.6. The number of halogens is 1. The highest BCUT2D eigenvalue weighted by Gasteiger charge is 2.37. The second kappa shape index (κ2) is 4.79. The van der Waals surface area contributed by atoms with Crippen LogP contribution in [-0.2, 0) is 6.54 Å². The van der Waals surface area contributed by atoms with Crippen molar-refractivity contribution in [2.75, 3.05) is 5.73 Å². The highest BCUT2D eigenvalue weighted by Crippen LogP contribution is 2.32. The molecule has 0 saturated heterocycles. The lowest BCUT2D eigenvalue weighted by molar-refractivity contribution is 0.0642. The largest absolute Gasteiger partial charge is 0.508 e. The highest BCUT2D eigenvalue weighted by atomic mass is 35.5. The number of carbonyl (C=O) groups is 2. The smallest absolute Gasteiger partial charge is 0.263 e. The fraction of sp³-hybridized carbons (Fsp3) is 0.0667. The standard InChI is InChI=1S/C15H11ClN2O3/c16-10-4-2-6-12(19)9(10)7-18-14(20)8-3-1-5-11(17)13(8)15(18)21/h1-6,19H,7,17H2. The molecule has 0 saturated carbocycles. The molecule has 2 amide bonds. The van der Waals surface area contributed by atoms with Gasteiger partial charge < -0.3 is 10.8 Å². The third kappa shape index (κ3) is 2.02. The molecule has 1 heterocycles. The Morgan fingerprint density at radius 1 is 1.10 bits per heavy atom. The van der Waals surface area contributed by atoms with Gasteiger partial charge in [0.2, 0.25) is 0 Å². The lowest BCUT2D eigenvalue weighted by Crippen LogP contribution is -2.29. The number of fused-ring (bicyclic) bond motifs is 1. The maximum Gasteiger partial charge on any atom is 0.263 e. The summed E-state index contributed by atoms with van der Waals surface area (Å²) in [6, 6.07) is 9.37. The van der Waals surface area contributed by atoms with Crippen LogP contribution < -0.4 is 5.73 Å². The van der Waals surface area contributed by atoms with E-state index in [1.807, 2.05) is 0 Å². The first-order valence-corrected chi connectivity index (χ1v) is 6.59. The number of hydrogen-bond acceptors (Lipinski definition) is 4. The first-order valence-electron chi connectivity index (χ1n) is 6.21. The summed E-state index contributed by atoms with van der Waals surface area (Å²) in [6.07, 6.45) is 0. The number of phenols is 1. The van der Waals surface area contributed by atoms with Crippen LogP contribution >= 0.6 is 11.6 Å². The number of anilines is 1. The summed E-state index contributed by atoms with van der Waals surface area (Å²) < 4.78 is 0. The summed E-state index contributed by atoms with van der Waals surface area (Å²) in [5, 5.41) is 10.1. The van der Waals surface area contributed by atoms with Crippen molar-refractivity contribution in [3.63, 3.8) is 0 Å². The van der Waals surface area contributed by atoms with Crippen molar-refractivity contribution >= 4 is 29.1 Å². The molecule has 0 spiro atoms. The third-order valence-corrected chi connectivity index (χ3v) is 3.80. The molecule has 0 aliphatic carbocycles. The van der Waals surface area contributed by atoms with Gasteiger partial charge in [0.15, 0.2) is 0 Å². The number of nitrogens with two attached hydrogens (primary N) is 1. The number of hydrogen-bond donors (Lipinski definition) is 2. The van der Waals surface area contributed by atoms with Gasteiger partial charge in [-0.2, -0.15) is 0 Å². The first-order chi connectivity index (χ1) is 10.0. The Hall–Kier alpha value is -2.53. The number of nitrogens with zero attached hydrogens (tertiary/aromatic N) is 1. The van der Waals surface area contributed by atoms with Crippen LogP contribution in [0.2, 0.25) is 5.02 Å². The van der Waals surface area contributed by atoms with Crippen LogP contribution in [0.4, 0.5) is 5.69 Å². The highest BCUT2D eigenvalue weighted by molar-refractivity contribution is 6.31. The monoisotopic (exact) mass is 302 g/mol. The number of benzene rings is 2. The number of aromatic hydroxyl groups is 1. The van der Waals surface area contributed by atoms with Crippen molar-refractivity contribution in [1.29, 1.82) is 0 Å².